The van der Waals surface area contributed by atoms with Gasteiger partial charge in [-0.15, -0.1) is 11.8 Å². The Morgan fingerprint density at radius 1 is 0.889 bits per heavy atom. The first-order chi connectivity index (χ1) is 17.2. The summed E-state index contributed by atoms with van der Waals surface area (Å²) in [5, 5.41) is 4.50. The van der Waals surface area contributed by atoms with Gasteiger partial charge in [-0.2, -0.15) is 0 Å². The number of carbonyl (C=O) groups excluding carboxylic acids is 2. The lowest BCUT2D eigenvalue weighted by molar-refractivity contribution is -0.139. The fraction of sp³-hybridized carbons (Fsp3) is 0.286. The standard InChI is InChI=1S/C28H29Cl3N2O2S/c1-19(2)16-32-28(35)26(15-20-6-4-3-5-7-20)33(17-21-8-13-24(30)25(31)14-21)27(34)18-36-23-11-9-22(29)10-12-23/h3-14,19,26H,15-18H2,1-2H3,(H,32,35). The molecule has 0 spiro atoms. The molecule has 2 amide bonds. The van der Waals surface area contributed by atoms with Crippen molar-refractivity contribution in [2.24, 2.45) is 5.92 Å². The van der Waals surface area contributed by atoms with E-state index >= 15 is 0 Å². The average molecular weight is 564 g/mol. The van der Waals surface area contributed by atoms with E-state index in [1.54, 1.807) is 29.2 Å². The zero-order valence-corrected chi connectivity index (χ0v) is 23.3. The molecule has 190 valence electrons. The van der Waals surface area contributed by atoms with E-state index in [0.29, 0.717) is 28.0 Å². The smallest absolute Gasteiger partial charge is 0.243 e. The molecule has 36 heavy (non-hydrogen) atoms. The van der Waals surface area contributed by atoms with E-state index in [2.05, 4.69) is 5.32 Å². The number of thioether (sulfide) groups is 1. The number of benzene rings is 3. The van der Waals surface area contributed by atoms with Crippen LogP contribution in [0.4, 0.5) is 0 Å². The van der Waals surface area contributed by atoms with Crippen molar-refractivity contribution in [3.63, 3.8) is 0 Å². The number of nitrogens with zero attached hydrogens (tertiary/aromatic N) is 1. The molecular formula is C28H29Cl3N2O2S. The molecule has 0 radical (unpaired) electrons. The highest BCUT2D eigenvalue weighted by atomic mass is 35.5. The van der Waals surface area contributed by atoms with Crippen molar-refractivity contribution in [2.45, 2.75) is 37.8 Å². The summed E-state index contributed by atoms with van der Waals surface area (Å²) in [4.78, 5) is 29.7. The molecule has 0 saturated heterocycles. The third-order valence-corrected chi connectivity index (χ3v) is 7.46. The number of nitrogens with one attached hydrogen (secondary N) is 1. The van der Waals surface area contributed by atoms with Gasteiger partial charge in [0.05, 0.1) is 15.8 Å². The highest BCUT2D eigenvalue weighted by molar-refractivity contribution is 8.00. The lowest BCUT2D eigenvalue weighted by Crippen LogP contribution is -2.51. The molecule has 0 aliphatic heterocycles. The van der Waals surface area contributed by atoms with Gasteiger partial charge in [-0.25, -0.2) is 0 Å². The molecule has 1 unspecified atom stereocenters. The molecule has 3 aromatic rings. The Bertz CT molecular complexity index is 1160. The van der Waals surface area contributed by atoms with E-state index in [0.717, 1.165) is 16.0 Å². The van der Waals surface area contributed by atoms with Crippen LogP contribution in [0.3, 0.4) is 0 Å². The van der Waals surface area contributed by atoms with Gasteiger partial charge < -0.3 is 10.2 Å². The summed E-state index contributed by atoms with van der Waals surface area (Å²) in [7, 11) is 0. The molecule has 3 rings (SSSR count). The number of rotatable bonds is 11. The zero-order valence-electron chi connectivity index (χ0n) is 20.2. The van der Waals surface area contributed by atoms with E-state index in [9.17, 15) is 9.59 Å². The maximum Gasteiger partial charge on any atom is 0.243 e. The molecule has 4 nitrogen and oxygen atoms in total. The maximum atomic E-state index is 13.7. The molecule has 3 aromatic carbocycles. The van der Waals surface area contributed by atoms with Crippen LogP contribution in [0.1, 0.15) is 25.0 Å². The number of hydrogen-bond donors (Lipinski definition) is 1. The summed E-state index contributed by atoms with van der Waals surface area (Å²) < 4.78 is 0. The van der Waals surface area contributed by atoms with Gasteiger partial charge in [0.1, 0.15) is 6.04 Å². The Balaban J connectivity index is 1.91. The fourth-order valence-corrected chi connectivity index (χ4v) is 4.80. The topological polar surface area (TPSA) is 49.4 Å². The molecule has 0 saturated carbocycles. The fourth-order valence-electron chi connectivity index (χ4n) is 3.57. The Hall–Kier alpha value is -2.18. The highest BCUT2D eigenvalue weighted by Gasteiger charge is 2.30. The third kappa shape index (κ3) is 8.74. The van der Waals surface area contributed by atoms with Crippen molar-refractivity contribution >= 4 is 58.4 Å². The molecule has 0 aliphatic rings. The van der Waals surface area contributed by atoms with Crippen LogP contribution in [0.25, 0.3) is 0 Å². The molecular weight excluding hydrogens is 535 g/mol. The van der Waals surface area contributed by atoms with Gasteiger partial charge in [-0.1, -0.05) is 85.0 Å². The van der Waals surface area contributed by atoms with Crippen LogP contribution in [-0.4, -0.2) is 35.1 Å². The van der Waals surface area contributed by atoms with Gasteiger partial charge in [0.25, 0.3) is 0 Å². The van der Waals surface area contributed by atoms with Crippen LogP contribution in [0.2, 0.25) is 15.1 Å². The number of halogens is 3. The Kier molecular flexibility index (Phi) is 11.0. The predicted molar refractivity (Wildman–Crippen MR) is 151 cm³/mol. The predicted octanol–water partition coefficient (Wildman–Crippen LogP) is 7.15. The number of hydrogen-bond acceptors (Lipinski definition) is 3. The average Bonchev–Trinajstić information content (AvgIpc) is 2.86. The molecule has 8 heteroatoms. The highest BCUT2D eigenvalue weighted by Crippen LogP contribution is 2.26. The first-order valence-corrected chi connectivity index (χ1v) is 13.8. The zero-order chi connectivity index (χ0) is 26.1. The van der Waals surface area contributed by atoms with E-state index in [4.69, 9.17) is 34.8 Å². The van der Waals surface area contributed by atoms with Crippen LogP contribution in [0.5, 0.6) is 0 Å². The van der Waals surface area contributed by atoms with Gasteiger partial charge in [-0.05, 0) is 53.4 Å². The van der Waals surface area contributed by atoms with E-state index < -0.39 is 6.04 Å². The minimum Gasteiger partial charge on any atom is -0.354 e. The van der Waals surface area contributed by atoms with Crippen LogP contribution in [0.15, 0.2) is 77.7 Å². The molecule has 0 aliphatic carbocycles. The summed E-state index contributed by atoms with van der Waals surface area (Å²) in [5.41, 5.74) is 1.77. The molecule has 1 atom stereocenters. The summed E-state index contributed by atoms with van der Waals surface area (Å²) in [6, 6.07) is 21.6. The molecule has 1 N–H and O–H groups in total. The van der Waals surface area contributed by atoms with Gasteiger partial charge in [-0.3, -0.25) is 9.59 Å². The van der Waals surface area contributed by atoms with Crippen LogP contribution >= 0.6 is 46.6 Å². The van der Waals surface area contributed by atoms with Gasteiger partial charge in [0, 0.05) is 29.4 Å². The normalized spacial score (nSPS) is 11.8. The van der Waals surface area contributed by atoms with E-state index in [1.807, 2.05) is 62.4 Å². The van der Waals surface area contributed by atoms with E-state index in [-0.39, 0.29) is 30.0 Å². The Labute approximate surface area is 232 Å². The molecule has 0 fully saturated rings. The second-order valence-corrected chi connectivity index (χ2v) is 11.2. The Morgan fingerprint density at radius 2 is 1.58 bits per heavy atom. The van der Waals surface area contributed by atoms with Gasteiger partial charge in [0.2, 0.25) is 11.8 Å². The molecule has 0 bridgehead atoms. The first-order valence-electron chi connectivity index (χ1n) is 11.7. The first kappa shape index (κ1) is 28.4. The lowest BCUT2D eigenvalue weighted by Gasteiger charge is -2.32. The van der Waals surface area contributed by atoms with Crippen LogP contribution in [0, 0.1) is 5.92 Å². The van der Waals surface area contributed by atoms with Crippen molar-refractivity contribution in [1.29, 1.82) is 0 Å². The monoisotopic (exact) mass is 562 g/mol. The maximum absolute atomic E-state index is 13.7. The summed E-state index contributed by atoms with van der Waals surface area (Å²) in [5.74, 6) is 0.122. The van der Waals surface area contributed by atoms with Crippen molar-refractivity contribution in [2.75, 3.05) is 12.3 Å². The van der Waals surface area contributed by atoms with Crippen molar-refractivity contribution < 1.29 is 9.59 Å². The van der Waals surface area contributed by atoms with E-state index in [1.165, 1.54) is 11.8 Å². The second kappa shape index (κ2) is 13.9. The third-order valence-electron chi connectivity index (χ3n) is 5.47. The summed E-state index contributed by atoms with van der Waals surface area (Å²) >= 11 is 19.8. The minimum atomic E-state index is -0.695. The molecule has 0 aromatic heterocycles. The second-order valence-electron chi connectivity index (χ2n) is 8.86. The molecule has 0 heterocycles. The van der Waals surface area contributed by atoms with Crippen molar-refractivity contribution in [1.82, 2.24) is 10.2 Å². The largest absolute Gasteiger partial charge is 0.354 e. The van der Waals surface area contributed by atoms with Gasteiger partial charge in [0.15, 0.2) is 0 Å². The quantitative estimate of drug-likeness (QED) is 0.252. The van der Waals surface area contributed by atoms with Crippen LogP contribution < -0.4 is 5.32 Å². The van der Waals surface area contributed by atoms with Crippen LogP contribution in [-0.2, 0) is 22.6 Å². The number of carbonyl (C=O) groups is 2. The minimum absolute atomic E-state index is 0.151. The lowest BCUT2D eigenvalue weighted by atomic mass is 10.0. The number of amides is 2. The van der Waals surface area contributed by atoms with Crippen molar-refractivity contribution in [3.8, 4) is 0 Å². The van der Waals surface area contributed by atoms with Crippen molar-refractivity contribution in [3.05, 3.63) is 99.0 Å². The summed E-state index contributed by atoms with van der Waals surface area (Å²) in [6.45, 7) is 4.82. The SMILES string of the molecule is CC(C)CNC(=O)C(Cc1ccccc1)N(Cc1ccc(Cl)c(Cl)c1)C(=O)CSc1ccc(Cl)cc1. The Morgan fingerprint density at radius 3 is 2.22 bits per heavy atom. The summed E-state index contributed by atoms with van der Waals surface area (Å²) in [6.07, 6.45) is 0.392. The van der Waals surface area contributed by atoms with Gasteiger partial charge >= 0.3 is 0 Å².